The van der Waals surface area contributed by atoms with Crippen LogP contribution < -0.4 is 4.74 Å². The number of fused-ring (bicyclic) bond motifs is 1. The highest BCUT2D eigenvalue weighted by atomic mass is 16.5. The summed E-state index contributed by atoms with van der Waals surface area (Å²) in [6.45, 7) is 1.57. The number of aryl methyl sites for hydroxylation is 1. The van der Waals surface area contributed by atoms with E-state index >= 15 is 0 Å². The van der Waals surface area contributed by atoms with Gasteiger partial charge in [0.25, 0.3) is 0 Å². The lowest BCUT2D eigenvalue weighted by Gasteiger charge is -2.01. The number of Topliss-reactive ketones (excluding diaryl/α,β-unsaturated/α-hetero) is 1. The average Bonchev–Trinajstić information content (AvgIpc) is 2.55. The third kappa shape index (κ3) is 1.50. The number of aromatic nitrogens is 1. The normalized spacial score (nSPS) is 10.6. The second-order valence-corrected chi connectivity index (χ2v) is 3.57. The number of rotatable bonds is 2. The monoisotopic (exact) mass is 203 g/mol. The molecule has 0 bridgehead atoms. The molecule has 0 N–H and O–H groups in total. The topological polar surface area (TPSA) is 31.2 Å². The lowest BCUT2D eigenvalue weighted by atomic mass is 10.2. The lowest BCUT2D eigenvalue weighted by Crippen LogP contribution is -2.00. The number of benzene rings is 1. The highest BCUT2D eigenvalue weighted by Gasteiger charge is 2.09. The Bertz CT molecular complexity index is 526. The SMILES string of the molecule is COc1ccc2c(c1)cc(C(C)=O)n2C. The summed E-state index contributed by atoms with van der Waals surface area (Å²) in [6, 6.07) is 7.68. The van der Waals surface area contributed by atoms with Gasteiger partial charge in [-0.1, -0.05) is 0 Å². The summed E-state index contributed by atoms with van der Waals surface area (Å²) >= 11 is 0. The third-order valence-corrected chi connectivity index (χ3v) is 2.61. The molecule has 15 heavy (non-hydrogen) atoms. The van der Waals surface area contributed by atoms with E-state index in [9.17, 15) is 4.79 Å². The molecular weight excluding hydrogens is 190 g/mol. The van der Waals surface area contributed by atoms with Crippen molar-refractivity contribution in [3.8, 4) is 5.75 Å². The second-order valence-electron chi connectivity index (χ2n) is 3.57. The third-order valence-electron chi connectivity index (χ3n) is 2.61. The van der Waals surface area contributed by atoms with Gasteiger partial charge in [-0.25, -0.2) is 0 Å². The van der Waals surface area contributed by atoms with E-state index in [1.165, 1.54) is 0 Å². The van der Waals surface area contributed by atoms with Crippen molar-refractivity contribution >= 4 is 16.7 Å². The Morgan fingerprint density at radius 2 is 2.07 bits per heavy atom. The van der Waals surface area contributed by atoms with Gasteiger partial charge in [-0.3, -0.25) is 4.79 Å². The molecule has 1 aromatic heterocycles. The maximum absolute atomic E-state index is 11.3. The van der Waals surface area contributed by atoms with Crippen molar-refractivity contribution in [3.63, 3.8) is 0 Å². The Labute approximate surface area is 88.3 Å². The maximum atomic E-state index is 11.3. The number of carbonyl (C=O) groups excluding carboxylic acids is 1. The van der Waals surface area contributed by atoms with Crippen LogP contribution in [0.5, 0.6) is 5.75 Å². The molecule has 0 amide bonds. The van der Waals surface area contributed by atoms with Gasteiger partial charge in [-0.15, -0.1) is 0 Å². The van der Waals surface area contributed by atoms with E-state index in [0.717, 1.165) is 22.3 Å². The Morgan fingerprint density at radius 1 is 1.33 bits per heavy atom. The van der Waals surface area contributed by atoms with E-state index in [1.54, 1.807) is 14.0 Å². The van der Waals surface area contributed by atoms with Crippen molar-refractivity contribution in [1.29, 1.82) is 0 Å². The van der Waals surface area contributed by atoms with Gasteiger partial charge in [0.2, 0.25) is 0 Å². The molecular formula is C12H13NO2. The van der Waals surface area contributed by atoms with Gasteiger partial charge < -0.3 is 9.30 Å². The molecule has 2 aromatic rings. The van der Waals surface area contributed by atoms with Crippen LogP contribution in [-0.2, 0) is 7.05 Å². The van der Waals surface area contributed by atoms with Gasteiger partial charge in [0, 0.05) is 24.9 Å². The number of hydrogen-bond donors (Lipinski definition) is 0. The summed E-state index contributed by atoms with van der Waals surface area (Å²) in [4.78, 5) is 11.3. The number of ether oxygens (including phenoxy) is 1. The highest BCUT2D eigenvalue weighted by Crippen LogP contribution is 2.23. The molecule has 0 fully saturated rings. The average molecular weight is 203 g/mol. The molecule has 0 unspecified atom stereocenters. The molecule has 0 radical (unpaired) electrons. The molecule has 3 heteroatoms. The predicted molar refractivity (Wildman–Crippen MR) is 59.5 cm³/mol. The molecule has 0 saturated carbocycles. The number of nitrogens with zero attached hydrogens (tertiary/aromatic N) is 1. The van der Waals surface area contributed by atoms with Crippen LogP contribution in [0, 0.1) is 0 Å². The van der Waals surface area contributed by atoms with Crippen LogP contribution in [0.3, 0.4) is 0 Å². The Kier molecular flexibility index (Phi) is 2.23. The lowest BCUT2D eigenvalue weighted by molar-refractivity contribution is 0.101. The molecule has 0 aliphatic heterocycles. The maximum Gasteiger partial charge on any atom is 0.176 e. The quantitative estimate of drug-likeness (QED) is 0.702. The molecule has 78 valence electrons. The number of ketones is 1. The first-order valence-corrected chi connectivity index (χ1v) is 4.78. The van der Waals surface area contributed by atoms with E-state index in [4.69, 9.17) is 4.74 Å². The highest BCUT2D eigenvalue weighted by molar-refractivity contribution is 5.98. The second kappa shape index (κ2) is 3.42. The van der Waals surface area contributed by atoms with Crippen LogP contribution in [0.4, 0.5) is 0 Å². The molecule has 1 heterocycles. The standard InChI is InChI=1S/C12H13NO2/c1-8(14)12-7-9-6-10(15-3)4-5-11(9)13(12)2/h4-7H,1-3H3. The fraction of sp³-hybridized carbons (Fsp3) is 0.250. The first-order chi connectivity index (χ1) is 7.13. The minimum Gasteiger partial charge on any atom is -0.497 e. The smallest absolute Gasteiger partial charge is 0.176 e. The molecule has 1 aromatic carbocycles. The van der Waals surface area contributed by atoms with E-state index < -0.39 is 0 Å². The van der Waals surface area contributed by atoms with Crippen molar-refractivity contribution in [2.75, 3.05) is 7.11 Å². The first kappa shape index (κ1) is 9.77. The fourth-order valence-electron chi connectivity index (χ4n) is 1.79. The number of hydrogen-bond acceptors (Lipinski definition) is 2. The van der Waals surface area contributed by atoms with Gasteiger partial charge in [-0.05, 0) is 24.3 Å². The van der Waals surface area contributed by atoms with Gasteiger partial charge in [0.05, 0.1) is 12.8 Å². The number of methoxy groups -OCH3 is 1. The summed E-state index contributed by atoms with van der Waals surface area (Å²) in [5, 5.41) is 1.03. The fourth-order valence-corrected chi connectivity index (χ4v) is 1.79. The molecule has 0 aliphatic carbocycles. The number of carbonyl (C=O) groups is 1. The predicted octanol–water partition coefficient (Wildman–Crippen LogP) is 2.39. The first-order valence-electron chi connectivity index (χ1n) is 4.78. The Morgan fingerprint density at radius 3 is 2.67 bits per heavy atom. The van der Waals surface area contributed by atoms with Crippen molar-refractivity contribution in [2.24, 2.45) is 7.05 Å². The largest absolute Gasteiger partial charge is 0.497 e. The van der Waals surface area contributed by atoms with Crippen LogP contribution in [0.2, 0.25) is 0 Å². The summed E-state index contributed by atoms with van der Waals surface area (Å²) < 4.78 is 7.04. The van der Waals surface area contributed by atoms with Crippen molar-refractivity contribution in [1.82, 2.24) is 4.57 Å². The van der Waals surface area contributed by atoms with Gasteiger partial charge >= 0.3 is 0 Å². The molecule has 0 saturated heterocycles. The van der Waals surface area contributed by atoms with Crippen molar-refractivity contribution < 1.29 is 9.53 Å². The summed E-state index contributed by atoms with van der Waals surface area (Å²) in [7, 11) is 3.53. The zero-order valence-corrected chi connectivity index (χ0v) is 9.07. The van der Waals surface area contributed by atoms with Crippen LogP contribution in [0.1, 0.15) is 17.4 Å². The summed E-state index contributed by atoms with van der Waals surface area (Å²) in [5.41, 5.74) is 1.76. The van der Waals surface area contributed by atoms with Crippen LogP contribution in [-0.4, -0.2) is 17.5 Å². The van der Waals surface area contributed by atoms with Gasteiger partial charge in [0.1, 0.15) is 5.75 Å². The molecule has 2 rings (SSSR count). The Hall–Kier alpha value is -1.77. The van der Waals surface area contributed by atoms with Crippen LogP contribution in [0.15, 0.2) is 24.3 Å². The zero-order valence-electron chi connectivity index (χ0n) is 9.07. The van der Waals surface area contributed by atoms with E-state index in [1.807, 2.05) is 35.9 Å². The van der Waals surface area contributed by atoms with Crippen LogP contribution >= 0.6 is 0 Å². The van der Waals surface area contributed by atoms with Crippen molar-refractivity contribution in [3.05, 3.63) is 30.0 Å². The summed E-state index contributed by atoms with van der Waals surface area (Å²) in [6.07, 6.45) is 0. The van der Waals surface area contributed by atoms with Crippen LogP contribution in [0.25, 0.3) is 10.9 Å². The minimum absolute atomic E-state index is 0.0765. The zero-order chi connectivity index (χ0) is 11.0. The van der Waals surface area contributed by atoms with Gasteiger partial charge in [0.15, 0.2) is 5.78 Å². The summed E-state index contributed by atoms with van der Waals surface area (Å²) in [5.74, 6) is 0.885. The Balaban J connectivity index is 2.70. The van der Waals surface area contributed by atoms with E-state index in [0.29, 0.717) is 0 Å². The van der Waals surface area contributed by atoms with E-state index in [-0.39, 0.29) is 5.78 Å². The molecule has 0 atom stereocenters. The van der Waals surface area contributed by atoms with E-state index in [2.05, 4.69) is 0 Å². The van der Waals surface area contributed by atoms with Gasteiger partial charge in [-0.2, -0.15) is 0 Å². The van der Waals surface area contributed by atoms with Crippen molar-refractivity contribution in [2.45, 2.75) is 6.92 Å². The molecule has 0 spiro atoms. The molecule has 3 nitrogen and oxygen atoms in total. The minimum atomic E-state index is 0.0765. The molecule has 0 aliphatic rings.